The molecule has 0 bridgehead atoms. The smallest absolute Gasteiger partial charge is 0.245 e. The van der Waals surface area contributed by atoms with Crippen molar-refractivity contribution < 1.29 is 30.7 Å². The second kappa shape index (κ2) is 8.98. The fraction of sp³-hybridized carbons (Fsp3) is 0.316. The minimum absolute atomic E-state index is 0.0297. The maximum absolute atomic E-state index is 14.1. The average molecular weight is 423 g/mol. The third kappa shape index (κ3) is 6.85. The van der Waals surface area contributed by atoms with E-state index >= 15 is 0 Å². The molecule has 2 rings (SSSR count). The molecule has 0 N–H and O–H groups in total. The highest BCUT2D eigenvalue weighted by Crippen LogP contribution is 2.34. The molecule has 0 atom stereocenters. The van der Waals surface area contributed by atoms with E-state index in [0.29, 0.717) is 17.3 Å². The Balaban J connectivity index is 2.31. The zero-order chi connectivity index (χ0) is 20.9. The van der Waals surface area contributed by atoms with E-state index in [9.17, 15) is 30.7 Å². The van der Waals surface area contributed by atoms with Gasteiger partial charge in [0.1, 0.15) is 17.2 Å². The SMILES string of the molecule is Cc1cc(F)c(N=C(CCc2ccccc2)C(F)(F)F)cc1SCC(F)(F)F. The Morgan fingerprint density at radius 1 is 1.00 bits per heavy atom. The van der Waals surface area contributed by atoms with Gasteiger partial charge in [-0.15, -0.1) is 11.8 Å². The topological polar surface area (TPSA) is 12.4 Å². The van der Waals surface area contributed by atoms with Crippen LogP contribution < -0.4 is 0 Å². The molecule has 9 heteroatoms. The first kappa shape index (κ1) is 22.3. The lowest BCUT2D eigenvalue weighted by Gasteiger charge is -2.13. The van der Waals surface area contributed by atoms with E-state index in [0.717, 1.165) is 12.1 Å². The van der Waals surface area contributed by atoms with Crippen LogP contribution in [0.5, 0.6) is 0 Å². The summed E-state index contributed by atoms with van der Waals surface area (Å²) in [7, 11) is 0. The Hall–Kier alpha value is -2.03. The van der Waals surface area contributed by atoms with E-state index in [1.54, 1.807) is 30.3 Å². The number of hydrogen-bond donors (Lipinski definition) is 0. The van der Waals surface area contributed by atoms with Gasteiger partial charge in [-0.1, -0.05) is 30.3 Å². The Morgan fingerprint density at radius 3 is 2.21 bits per heavy atom. The minimum Gasteiger partial charge on any atom is -0.245 e. The Labute approximate surface area is 161 Å². The van der Waals surface area contributed by atoms with Crippen molar-refractivity contribution in [3.63, 3.8) is 0 Å². The number of rotatable bonds is 6. The second-order valence-corrected chi connectivity index (χ2v) is 7.03. The number of thioether (sulfide) groups is 1. The van der Waals surface area contributed by atoms with Crippen molar-refractivity contribution in [3.8, 4) is 0 Å². The van der Waals surface area contributed by atoms with Crippen molar-refractivity contribution in [2.45, 2.75) is 37.0 Å². The van der Waals surface area contributed by atoms with Gasteiger partial charge in [-0.3, -0.25) is 0 Å². The molecule has 0 aliphatic heterocycles. The summed E-state index contributed by atoms with van der Waals surface area (Å²) in [6.45, 7) is 1.38. The van der Waals surface area contributed by atoms with E-state index in [-0.39, 0.29) is 16.9 Å². The van der Waals surface area contributed by atoms with Gasteiger partial charge in [-0.2, -0.15) is 26.3 Å². The Morgan fingerprint density at radius 2 is 1.64 bits per heavy atom. The van der Waals surface area contributed by atoms with Crippen molar-refractivity contribution in [2.75, 3.05) is 5.75 Å². The van der Waals surface area contributed by atoms with Crippen LogP contribution in [0.25, 0.3) is 0 Å². The van der Waals surface area contributed by atoms with Crippen LogP contribution in [0.4, 0.5) is 36.4 Å². The largest absolute Gasteiger partial charge is 0.429 e. The van der Waals surface area contributed by atoms with Crippen LogP contribution in [0.1, 0.15) is 17.5 Å². The van der Waals surface area contributed by atoms with Gasteiger partial charge in [0.05, 0.1) is 5.75 Å². The normalized spacial score (nSPS) is 13.1. The Bertz CT molecular complexity index is 827. The van der Waals surface area contributed by atoms with Gasteiger partial charge in [-0.05, 0) is 43.0 Å². The zero-order valence-corrected chi connectivity index (χ0v) is 15.5. The van der Waals surface area contributed by atoms with Gasteiger partial charge < -0.3 is 0 Å². The molecule has 0 unspecified atom stereocenters. The standard InChI is InChI=1S/C19H16F7NS/c1-12-9-14(20)15(10-16(12)28-11-18(21,22)23)27-17(19(24,25)26)8-7-13-5-3-2-4-6-13/h2-6,9-10H,7-8,11H2,1H3. The van der Waals surface area contributed by atoms with E-state index in [2.05, 4.69) is 4.99 Å². The number of hydrogen-bond acceptors (Lipinski definition) is 2. The summed E-state index contributed by atoms with van der Waals surface area (Å²) in [6.07, 6.45) is -9.68. The quantitative estimate of drug-likeness (QED) is 0.275. The van der Waals surface area contributed by atoms with E-state index < -0.39 is 41.7 Å². The van der Waals surface area contributed by atoms with Crippen LogP contribution in [0, 0.1) is 12.7 Å². The molecule has 0 aliphatic rings. The summed E-state index contributed by atoms with van der Waals surface area (Å²) < 4.78 is 91.3. The maximum atomic E-state index is 14.1. The van der Waals surface area contributed by atoms with Crippen LogP contribution in [0.2, 0.25) is 0 Å². The molecule has 0 aliphatic carbocycles. The number of alkyl halides is 6. The van der Waals surface area contributed by atoms with Crippen molar-refractivity contribution in [1.29, 1.82) is 0 Å². The van der Waals surface area contributed by atoms with Crippen molar-refractivity contribution in [3.05, 3.63) is 59.4 Å². The van der Waals surface area contributed by atoms with Crippen LogP contribution in [-0.2, 0) is 6.42 Å². The molecular weight excluding hydrogens is 407 g/mol. The number of halogens is 7. The first-order valence-corrected chi connectivity index (χ1v) is 9.12. The lowest BCUT2D eigenvalue weighted by molar-refractivity contribution is -0.105. The van der Waals surface area contributed by atoms with Crippen molar-refractivity contribution in [2.24, 2.45) is 4.99 Å². The molecule has 0 fully saturated rings. The highest BCUT2D eigenvalue weighted by molar-refractivity contribution is 7.99. The van der Waals surface area contributed by atoms with Gasteiger partial charge >= 0.3 is 12.4 Å². The predicted octanol–water partition coefficient (Wildman–Crippen LogP) is 7.06. The summed E-state index contributed by atoms with van der Waals surface area (Å²) in [5.41, 5.74) is -0.963. The molecule has 0 spiro atoms. The third-order valence-electron chi connectivity index (χ3n) is 3.71. The minimum atomic E-state index is -4.79. The second-order valence-electron chi connectivity index (χ2n) is 6.01. The zero-order valence-electron chi connectivity index (χ0n) is 14.7. The monoisotopic (exact) mass is 423 g/mol. The van der Waals surface area contributed by atoms with Crippen LogP contribution in [0.15, 0.2) is 52.4 Å². The van der Waals surface area contributed by atoms with Gasteiger partial charge in [0, 0.05) is 4.90 Å². The summed E-state index contributed by atoms with van der Waals surface area (Å²) in [6, 6.07) is 10.2. The molecule has 0 heterocycles. The van der Waals surface area contributed by atoms with Crippen LogP contribution in [-0.4, -0.2) is 23.8 Å². The van der Waals surface area contributed by atoms with Gasteiger partial charge in [-0.25, -0.2) is 9.38 Å². The fourth-order valence-electron chi connectivity index (χ4n) is 2.36. The van der Waals surface area contributed by atoms with Gasteiger partial charge in [0.25, 0.3) is 0 Å². The average Bonchev–Trinajstić information content (AvgIpc) is 2.58. The first-order chi connectivity index (χ1) is 13.0. The molecule has 2 aromatic rings. The van der Waals surface area contributed by atoms with E-state index in [1.165, 1.54) is 6.92 Å². The molecule has 152 valence electrons. The number of benzene rings is 2. The highest BCUT2D eigenvalue weighted by Gasteiger charge is 2.35. The number of aliphatic imine (C=N–C) groups is 1. The number of nitrogens with zero attached hydrogens (tertiary/aromatic N) is 1. The molecule has 0 amide bonds. The highest BCUT2D eigenvalue weighted by atomic mass is 32.2. The van der Waals surface area contributed by atoms with Gasteiger partial charge in [0.15, 0.2) is 0 Å². The third-order valence-corrected chi connectivity index (χ3v) is 4.93. The van der Waals surface area contributed by atoms with Crippen molar-refractivity contribution >= 4 is 23.2 Å². The number of aryl methyl sites for hydroxylation is 2. The fourth-order valence-corrected chi connectivity index (χ4v) is 3.16. The predicted molar refractivity (Wildman–Crippen MR) is 95.8 cm³/mol. The van der Waals surface area contributed by atoms with Crippen molar-refractivity contribution in [1.82, 2.24) is 0 Å². The maximum Gasteiger partial charge on any atom is 0.429 e. The van der Waals surface area contributed by atoms with E-state index in [4.69, 9.17) is 0 Å². The lowest BCUT2D eigenvalue weighted by atomic mass is 10.1. The Kier molecular flexibility index (Phi) is 7.14. The van der Waals surface area contributed by atoms with Crippen LogP contribution in [0.3, 0.4) is 0 Å². The van der Waals surface area contributed by atoms with Crippen LogP contribution >= 0.6 is 11.8 Å². The molecule has 0 saturated carbocycles. The lowest BCUT2D eigenvalue weighted by Crippen LogP contribution is -2.23. The van der Waals surface area contributed by atoms with E-state index in [1.807, 2.05) is 0 Å². The molecule has 28 heavy (non-hydrogen) atoms. The molecule has 2 aromatic carbocycles. The summed E-state index contributed by atoms with van der Waals surface area (Å²) in [5.74, 6) is -2.25. The summed E-state index contributed by atoms with van der Waals surface area (Å²) in [4.78, 5) is 3.44. The molecule has 1 nitrogen and oxygen atoms in total. The first-order valence-electron chi connectivity index (χ1n) is 8.14. The molecule has 0 saturated heterocycles. The van der Waals surface area contributed by atoms with Gasteiger partial charge in [0.2, 0.25) is 0 Å². The molecule has 0 radical (unpaired) electrons. The molecular formula is C19H16F7NS. The summed E-state index contributed by atoms with van der Waals surface area (Å²) in [5, 5.41) is 0. The summed E-state index contributed by atoms with van der Waals surface area (Å²) >= 11 is 0.379. The molecule has 0 aromatic heterocycles.